The number of sulfone groups is 1. The second-order valence-electron chi connectivity index (χ2n) is 6.61. The number of carbonyl (C=O) groups excluding carboxylic acids is 1. The van der Waals surface area contributed by atoms with Gasteiger partial charge in [-0.2, -0.15) is 13.2 Å². The van der Waals surface area contributed by atoms with Crippen LogP contribution in [-0.2, 0) is 16.3 Å². The van der Waals surface area contributed by atoms with Crippen LogP contribution in [0.3, 0.4) is 0 Å². The Hall–Kier alpha value is -1.61. The quantitative estimate of drug-likeness (QED) is 0.836. The molecule has 1 aliphatic heterocycles. The van der Waals surface area contributed by atoms with Crippen LogP contribution in [0.5, 0.6) is 0 Å². The maximum absolute atomic E-state index is 12.5. The number of piperidine rings is 1. The molecule has 1 atom stereocenters. The normalized spacial score (nSPS) is 19.3. The number of hydrogen-bond donors (Lipinski definition) is 1. The van der Waals surface area contributed by atoms with Crippen molar-refractivity contribution >= 4 is 15.7 Å². The summed E-state index contributed by atoms with van der Waals surface area (Å²) in [4.78, 5) is 13.8. The van der Waals surface area contributed by atoms with Gasteiger partial charge in [0.15, 0.2) is 9.84 Å². The molecule has 1 aromatic carbocycles. The van der Waals surface area contributed by atoms with Crippen molar-refractivity contribution < 1.29 is 26.4 Å². The van der Waals surface area contributed by atoms with Gasteiger partial charge in [0.25, 0.3) is 5.91 Å². The molecule has 5 nitrogen and oxygen atoms in total. The highest BCUT2D eigenvalue weighted by Gasteiger charge is 2.33. The molecule has 1 saturated heterocycles. The third kappa shape index (κ3) is 5.70. The Morgan fingerprint density at radius 1 is 1.35 bits per heavy atom. The smallest absolute Gasteiger partial charge is 0.348 e. The van der Waals surface area contributed by atoms with E-state index in [1.165, 1.54) is 11.0 Å². The molecule has 1 aliphatic rings. The van der Waals surface area contributed by atoms with E-state index in [-0.39, 0.29) is 17.0 Å². The predicted octanol–water partition coefficient (Wildman–Crippen LogP) is 2.41. The highest BCUT2D eigenvalue weighted by molar-refractivity contribution is 7.90. The second kappa shape index (κ2) is 7.96. The highest BCUT2D eigenvalue weighted by Crippen LogP contribution is 2.21. The number of halogens is 3. The van der Waals surface area contributed by atoms with Crippen LogP contribution in [0, 0.1) is 0 Å². The zero-order valence-electron chi connectivity index (χ0n) is 14.8. The van der Waals surface area contributed by atoms with Gasteiger partial charge in [0, 0.05) is 24.4 Å². The lowest BCUT2D eigenvalue weighted by Gasteiger charge is -2.33. The van der Waals surface area contributed by atoms with Gasteiger partial charge in [-0.05, 0) is 43.5 Å². The first kappa shape index (κ1) is 20.7. The molecule has 0 radical (unpaired) electrons. The summed E-state index contributed by atoms with van der Waals surface area (Å²) in [6, 6.07) is 4.08. The number of nitrogens with one attached hydrogen (secondary N) is 1. The van der Waals surface area contributed by atoms with Crippen molar-refractivity contribution in [3.05, 3.63) is 29.3 Å². The van der Waals surface area contributed by atoms with Crippen LogP contribution in [0.2, 0.25) is 0 Å². The fourth-order valence-electron chi connectivity index (χ4n) is 3.17. The third-order valence-corrected chi connectivity index (χ3v) is 5.53. The Morgan fingerprint density at radius 2 is 2.04 bits per heavy atom. The van der Waals surface area contributed by atoms with E-state index in [1.54, 1.807) is 12.1 Å². The zero-order chi connectivity index (χ0) is 19.5. The Kier molecular flexibility index (Phi) is 6.33. The summed E-state index contributed by atoms with van der Waals surface area (Å²) in [5.74, 6) is -0.476. The van der Waals surface area contributed by atoms with Crippen molar-refractivity contribution in [3.8, 4) is 0 Å². The molecule has 1 fully saturated rings. The lowest BCUT2D eigenvalue weighted by molar-refractivity contribution is -0.148. The molecule has 1 heterocycles. The van der Waals surface area contributed by atoms with Crippen LogP contribution in [0.25, 0.3) is 0 Å². The van der Waals surface area contributed by atoms with Crippen LogP contribution in [0.4, 0.5) is 13.2 Å². The number of alkyl halides is 3. The van der Waals surface area contributed by atoms with Crippen LogP contribution < -0.4 is 5.32 Å². The van der Waals surface area contributed by atoms with Gasteiger partial charge in [-0.1, -0.05) is 13.0 Å². The van der Waals surface area contributed by atoms with E-state index in [0.717, 1.165) is 6.26 Å². The molecule has 0 spiro atoms. The van der Waals surface area contributed by atoms with Gasteiger partial charge in [0.05, 0.1) is 11.4 Å². The van der Waals surface area contributed by atoms with Gasteiger partial charge in [-0.3, -0.25) is 9.69 Å². The molecule has 0 aromatic heterocycles. The minimum Gasteiger partial charge on any atom is -0.348 e. The van der Waals surface area contributed by atoms with Gasteiger partial charge in [0.1, 0.15) is 0 Å². The molecule has 9 heteroatoms. The second-order valence-corrected chi connectivity index (χ2v) is 8.60. The molecular formula is C17H23F3N2O3S. The van der Waals surface area contributed by atoms with E-state index in [0.29, 0.717) is 31.4 Å². The van der Waals surface area contributed by atoms with Crippen molar-refractivity contribution in [2.45, 2.75) is 43.3 Å². The van der Waals surface area contributed by atoms with Crippen molar-refractivity contribution in [1.82, 2.24) is 10.2 Å². The lowest BCUT2D eigenvalue weighted by Crippen LogP contribution is -2.50. The van der Waals surface area contributed by atoms with Gasteiger partial charge in [-0.25, -0.2) is 8.42 Å². The number of benzene rings is 1. The molecule has 0 bridgehead atoms. The summed E-state index contributed by atoms with van der Waals surface area (Å²) in [6.45, 7) is 1.29. The first-order valence-electron chi connectivity index (χ1n) is 8.42. The molecule has 1 N–H and O–H groups in total. The number of nitrogens with zero attached hydrogens (tertiary/aromatic N) is 1. The first-order valence-corrected chi connectivity index (χ1v) is 10.3. The van der Waals surface area contributed by atoms with Crippen LogP contribution in [-0.4, -0.2) is 57.3 Å². The number of hydrogen-bond acceptors (Lipinski definition) is 4. The van der Waals surface area contributed by atoms with Gasteiger partial charge in [0.2, 0.25) is 0 Å². The Labute approximate surface area is 151 Å². The third-order valence-electron chi connectivity index (χ3n) is 4.35. The Morgan fingerprint density at radius 3 is 2.62 bits per heavy atom. The summed E-state index contributed by atoms with van der Waals surface area (Å²) in [5.41, 5.74) is 0.814. The maximum atomic E-state index is 12.5. The summed E-state index contributed by atoms with van der Waals surface area (Å²) in [5, 5.41) is 2.72. The summed E-state index contributed by atoms with van der Waals surface area (Å²) in [7, 11) is -3.48. The van der Waals surface area contributed by atoms with E-state index < -0.39 is 34.5 Å². The van der Waals surface area contributed by atoms with Gasteiger partial charge in [-0.15, -0.1) is 0 Å². The minimum atomic E-state index is -4.27. The fourth-order valence-corrected chi connectivity index (χ4v) is 4.20. The number of amides is 1. The molecule has 0 unspecified atom stereocenters. The van der Waals surface area contributed by atoms with E-state index >= 15 is 0 Å². The molecule has 146 valence electrons. The monoisotopic (exact) mass is 392 g/mol. The number of likely N-dealkylation sites (tertiary alicyclic amines) is 1. The Balaban J connectivity index is 2.10. The summed E-state index contributed by atoms with van der Waals surface area (Å²) < 4.78 is 61.4. The molecular weight excluding hydrogens is 369 g/mol. The fraction of sp³-hybridized carbons (Fsp3) is 0.588. The van der Waals surface area contributed by atoms with E-state index in [9.17, 15) is 26.4 Å². The van der Waals surface area contributed by atoms with Gasteiger partial charge < -0.3 is 5.32 Å². The molecule has 0 saturated carbocycles. The van der Waals surface area contributed by atoms with Gasteiger partial charge >= 0.3 is 6.18 Å². The van der Waals surface area contributed by atoms with Crippen LogP contribution in [0.1, 0.15) is 35.7 Å². The lowest BCUT2D eigenvalue weighted by atomic mass is 10.0. The van der Waals surface area contributed by atoms with E-state index in [2.05, 4.69) is 5.32 Å². The highest BCUT2D eigenvalue weighted by atomic mass is 32.2. The molecule has 1 amide bonds. The van der Waals surface area contributed by atoms with E-state index in [1.807, 2.05) is 6.92 Å². The van der Waals surface area contributed by atoms with Crippen LogP contribution >= 0.6 is 0 Å². The summed E-state index contributed by atoms with van der Waals surface area (Å²) >= 11 is 0. The average Bonchev–Trinajstić information content (AvgIpc) is 2.52. The molecule has 0 aliphatic carbocycles. The minimum absolute atomic E-state index is 0.106. The molecule has 2 rings (SSSR count). The SMILES string of the molecule is CCc1ccc(C(=O)N[C@@H]2CCCN(CC(F)(F)F)C2)cc1S(C)(=O)=O. The van der Waals surface area contributed by atoms with Crippen molar-refractivity contribution in [2.75, 3.05) is 25.9 Å². The number of rotatable bonds is 5. The average molecular weight is 392 g/mol. The summed E-state index contributed by atoms with van der Waals surface area (Å²) in [6.07, 6.45) is -1.53. The zero-order valence-corrected chi connectivity index (χ0v) is 15.6. The largest absolute Gasteiger partial charge is 0.401 e. The number of carbonyl (C=O) groups is 1. The topological polar surface area (TPSA) is 66.5 Å². The number of aryl methyl sites for hydroxylation is 1. The molecule has 1 aromatic rings. The van der Waals surface area contributed by atoms with Crippen LogP contribution in [0.15, 0.2) is 23.1 Å². The maximum Gasteiger partial charge on any atom is 0.401 e. The van der Waals surface area contributed by atoms with Crippen molar-refractivity contribution in [1.29, 1.82) is 0 Å². The van der Waals surface area contributed by atoms with Crippen molar-refractivity contribution in [3.63, 3.8) is 0 Å². The van der Waals surface area contributed by atoms with E-state index in [4.69, 9.17) is 0 Å². The standard InChI is InChI=1S/C17H23F3N2O3S/c1-3-12-6-7-13(9-15(12)26(2,24)25)16(23)21-14-5-4-8-22(10-14)11-17(18,19)20/h6-7,9,14H,3-5,8,10-11H2,1-2H3,(H,21,23)/t14-/m1/s1. The first-order chi connectivity index (χ1) is 12.0. The molecule has 26 heavy (non-hydrogen) atoms. The Bertz CT molecular complexity index is 763. The predicted molar refractivity (Wildman–Crippen MR) is 91.9 cm³/mol. The van der Waals surface area contributed by atoms with Crippen molar-refractivity contribution in [2.24, 2.45) is 0 Å².